The van der Waals surface area contributed by atoms with E-state index in [0.717, 1.165) is 28.2 Å². The molecule has 1 aliphatic carbocycles. The number of H-pyrrole nitrogens is 1. The van der Waals surface area contributed by atoms with Crippen LogP contribution in [0.25, 0.3) is 17.3 Å². The van der Waals surface area contributed by atoms with Gasteiger partial charge >= 0.3 is 0 Å². The number of hydrogen-bond donors (Lipinski definition) is 3. The maximum absolute atomic E-state index is 7.12. The van der Waals surface area contributed by atoms with E-state index in [0.29, 0.717) is 12.1 Å². The molecule has 0 aliphatic heterocycles. The van der Waals surface area contributed by atoms with E-state index in [1.54, 1.807) is 0 Å². The zero-order chi connectivity index (χ0) is 13.2. The highest BCUT2D eigenvalue weighted by molar-refractivity contribution is 6.07. The highest BCUT2D eigenvalue weighted by Crippen LogP contribution is 2.29. The van der Waals surface area contributed by atoms with Crippen molar-refractivity contribution in [2.45, 2.75) is 6.42 Å². The van der Waals surface area contributed by atoms with Crippen LogP contribution in [0, 0.1) is 5.53 Å². The predicted octanol–water partition coefficient (Wildman–Crippen LogP) is 3.12. The number of fused-ring (bicyclic) bond motifs is 1. The molecule has 1 aliphatic rings. The summed E-state index contributed by atoms with van der Waals surface area (Å²) >= 11 is 0. The summed E-state index contributed by atoms with van der Waals surface area (Å²) in [6.45, 7) is 0. The van der Waals surface area contributed by atoms with Crippen molar-refractivity contribution in [3.05, 3.63) is 53.4 Å². The van der Waals surface area contributed by atoms with Crippen LogP contribution in [-0.2, 0) is 0 Å². The van der Waals surface area contributed by atoms with Crippen molar-refractivity contribution >= 4 is 11.8 Å². The lowest BCUT2D eigenvalue weighted by Gasteiger charge is -2.10. The van der Waals surface area contributed by atoms with Crippen LogP contribution in [0.4, 0.5) is 0 Å². The summed E-state index contributed by atoms with van der Waals surface area (Å²) < 4.78 is 0. The Balaban J connectivity index is 2.13. The molecule has 0 saturated heterocycles. The van der Waals surface area contributed by atoms with E-state index in [1.165, 1.54) is 0 Å². The second kappa shape index (κ2) is 4.53. The van der Waals surface area contributed by atoms with Gasteiger partial charge in [-0.15, -0.1) is 0 Å². The maximum atomic E-state index is 7.12. The van der Waals surface area contributed by atoms with Gasteiger partial charge in [-0.25, -0.2) is 5.53 Å². The molecule has 0 fully saturated rings. The fourth-order valence-corrected chi connectivity index (χ4v) is 2.27. The summed E-state index contributed by atoms with van der Waals surface area (Å²) in [6, 6.07) is 12.1. The van der Waals surface area contributed by atoms with Crippen molar-refractivity contribution in [3.63, 3.8) is 0 Å². The van der Waals surface area contributed by atoms with Crippen LogP contribution in [0.5, 0.6) is 0 Å². The molecule has 94 valence electrons. The lowest BCUT2D eigenvalue weighted by Crippen LogP contribution is -2.09. The fourth-order valence-electron chi connectivity index (χ4n) is 2.27. The number of rotatable bonds is 2. The molecule has 0 atom stereocenters. The topological polar surface area (TPSA) is 90.4 Å². The number of nitrogens with zero attached hydrogens (tertiary/aromatic N) is 2. The van der Waals surface area contributed by atoms with Crippen molar-refractivity contribution in [2.75, 3.05) is 0 Å². The average Bonchev–Trinajstić information content (AvgIpc) is 2.91. The number of benzene rings is 1. The molecular weight excluding hydrogens is 238 g/mol. The third-order valence-electron chi connectivity index (χ3n) is 3.20. The van der Waals surface area contributed by atoms with E-state index in [9.17, 15) is 0 Å². The second-order valence-electron chi connectivity index (χ2n) is 4.38. The van der Waals surface area contributed by atoms with Gasteiger partial charge in [0, 0.05) is 23.4 Å². The molecule has 5 nitrogen and oxygen atoms in total. The number of allylic oxidation sites excluding steroid dienone is 1. The molecule has 1 heterocycles. The largest absolute Gasteiger partial charge is 0.354 e. The van der Waals surface area contributed by atoms with Gasteiger partial charge in [0.15, 0.2) is 0 Å². The first-order chi connectivity index (χ1) is 9.31. The first-order valence-corrected chi connectivity index (χ1v) is 5.95. The molecule has 0 saturated carbocycles. The molecule has 19 heavy (non-hydrogen) atoms. The number of aromatic nitrogens is 1. The van der Waals surface area contributed by atoms with E-state index in [4.69, 9.17) is 11.4 Å². The zero-order valence-electron chi connectivity index (χ0n) is 10.2. The normalized spacial score (nSPS) is 16.0. The Bertz CT molecular complexity index is 679. The van der Waals surface area contributed by atoms with Gasteiger partial charge in [0.05, 0.1) is 11.4 Å². The van der Waals surface area contributed by atoms with Crippen molar-refractivity contribution in [1.82, 2.24) is 4.98 Å². The fraction of sp³-hybridized carbons (Fsp3) is 0.0714. The van der Waals surface area contributed by atoms with Crippen molar-refractivity contribution < 1.29 is 0 Å². The summed E-state index contributed by atoms with van der Waals surface area (Å²) in [5.74, 6) is 5.43. The maximum Gasteiger partial charge on any atom is 0.0754 e. The van der Waals surface area contributed by atoms with Gasteiger partial charge in [-0.1, -0.05) is 30.3 Å². The van der Waals surface area contributed by atoms with E-state index < -0.39 is 0 Å². The van der Waals surface area contributed by atoms with Gasteiger partial charge in [-0.3, -0.25) is 0 Å². The summed E-state index contributed by atoms with van der Waals surface area (Å²) in [7, 11) is 0. The van der Waals surface area contributed by atoms with Crippen LogP contribution in [0.15, 0.2) is 52.3 Å². The third kappa shape index (κ3) is 1.95. The highest BCUT2D eigenvalue weighted by atomic mass is 15.1. The van der Waals surface area contributed by atoms with E-state index in [-0.39, 0.29) is 0 Å². The number of aromatic amines is 1. The standard InChI is InChI=1S/C14H13N5/c15-18-10-6-13-11(14(7-10)19-16)8-12(17-13)9-4-2-1-3-5-9/h1-6,8,15,17H,7,16H2/b18-15?,19-14-. The Morgan fingerprint density at radius 1 is 1.21 bits per heavy atom. The van der Waals surface area contributed by atoms with E-state index in [1.807, 2.05) is 42.5 Å². The second-order valence-corrected chi connectivity index (χ2v) is 4.38. The minimum Gasteiger partial charge on any atom is -0.354 e. The quantitative estimate of drug-likeness (QED) is 0.427. The lowest BCUT2D eigenvalue weighted by molar-refractivity contribution is 1.02. The lowest BCUT2D eigenvalue weighted by atomic mass is 9.99. The molecule has 1 aromatic heterocycles. The molecule has 1 aromatic carbocycles. The van der Waals surface area contributed by atoms with Gasteiger partial charge < -0.3 is 10.8 Å². The molecular formula is C14H13N5. The van der Waals surface area contributed by atoms with Gasteiger partial charge in [0.25, 0.3) is 0 Å². The summed E-state index contributed by atoms with van der Waals surface area (Å²) in [6.07, 6.45) is 2.36. The Morgan fingerprint density at radius 2 is 2.00 bits per heavy atom. The average molecular weight is 251 g/mol. The number of nitrogens with two attached hydrogens (primary N) is 1. The number of hydrogen-bond acceptors (Lipinski definition) is 4. The SMILES string of the molecule is N=NC1=Cc2[nH]c(-c3ccccc3)cc2/C(=N\N)C1. The summed E-state index contributed by atoms with van der Waals surface area (Å²) in [4.78, 5) is 3.32. The molecule has 5 heteroatoms. The molecule has 0 bridgehead atoms. The van der Waals surface area contributed by atoms with Crippen LogP contribution in [0.1, 0.15) is 17.7 Å². The Kier molecular flexibility index (Phi) is 2.72. The Labute approximate surface area is 110 Å². The van der Waals surface area contributed by atoms with E-state index >= 15 is 0 Å². The van der Waals surface area contributed by atoms with Gasteiger partial charge in [0.1, 0.15) is 0 Å². The van der Waals surface area contributed by atoms with Crippen molar-refractivity contribution in [1.29, 1.82) is 5.53 Å². The van der Waals surface area contributed by atoms with Crippen LogP contribution < -0.4 is 5.84 Å². The Hall–Kier alpha value is -2.69. The first kappa shape index (κ1) is 11.4. The third-order valence-corrected chi connectivity index (χ3v) is 3.20. The highest BCUT2D eigenvalue weighted by Gasteiger charge is 2.19. The predicted molar refractivity (Wildman–Crippen MR) is 74.7 cm³/mol. The minimum atomic E-state index is 0.499. The number of nitrogens with one attached hydrogen (secondary N) is 2. The van der Waals surface area contributed by atoms with Gasteiger partial charge in [0.2, 0.25) is 0 Å². The van der Waals surface area contributed by atoms with Crippen LogP contribution in [0.3, 0.4) is 0 Å². The zero-order valence-corrected chi connectivity index (χ0v) is 10.2. The smallest absolute Gasteiger partial charge is 0.0754 e. The summed E-state index contributed by atoms with van der Waals surface area (Å²) in [5, 5.41) is 7.29. The molecule has 0 spiro atoms. The van der Waals surface area contributed by atoms with Gasteiger partial charge in [-0.2, -0.15) is 10.2 Å². The molecule has 3 rings (SSSR count). The minimum absolute atomic E-state index is 0.499. The van der Waals surface area contributed by atoms with Gasteiger partial charge in [-0.05, 0) is 17.7 Å². The summed E-state index contributed by atoms with van der Waals surface area (Å²) in [5.41, 5.74) is 12.5. The van der Waals surface area contributed by atoms with Crippen LogP contribution in [-0.4, -0.2) is 10.7 Å². The molecule has 0 radical (unpaired) electrons. The molecule has 0 amide bonds. The van der Waals surface area contributed by atoms with Crippen LogP contribution >= 0.6 is 0 Å². The van der Waals surface area contributed by atoms with E-state index in [2.05, 4.69) is 15.2 Å². The molecule has 2 aromatic rings. The molecule has 0 unspecified atom stereocenters. The monoisotopic (exact) mass is 251 g/mol. The first-order valence-electron chi connectivity index (χ1n) is 5.95. The number of hydrazone groups is 1. The van der Waals surface area contributed by atoms with Crippen molar-refractivity contribution in [3.8, 4) is 11.3 Å². The van der Waals surface area contributed by atoms with Crippen LogP contribution in [0.2, 0.25) is 0 Å². The Morgan fingerprint density at radius 3 is 2.68 bits per heavy atom. The van der Waals surface area contributed by atoms with Crippen molar-refractivity contribution in [2.24, 2.45) is 16.1 Å². The molecule has 4 N–H and O–H groups in total.